The van der Waals surface area contributed by atoms with Crippen molar-refractivity contribution in [2.45, 2.75) is 19.8 Å². The molecule has 4 rings (SSSR count). The number of halogens is 3. The number of nitrogens with one attached hydrogen (secondary N) is 1. The van der Waals surface area contributed by atoms with Crippen molar-refractivity contribution < 1.29 is 22.5 Å². The molecule has 144 valence electrons. The zero-order valence-electron chi connectivity index (χ0n) is 15.0. The van der Waals surface area contributed by atoms with E-state index in [1.165, 1.54) is 23.8 Å². The standard InChI is InChI=1S/C11H7F2NO2.C10H10FN/c12-8-2-1-7(11(13)4-8)3-10-5-9(6-15)14-16-10;1-2-7-6-12-10-4-3-8(11)5-9(7)10/h1-2,4-6H,3H2;3-6,12H,2H2,1H3. The lowest BCUT2D eigenvalue weighted by Crippen LogP contribution is -1.92. The monoisotopic (exact) mass is 386 g/mol. The molecule has 0 amide bonds. The van der Waals surface area contributed by atoms with Crippen LogP contribution in [0.1, 0.15) is 34.3 Å². The summed E-state index contributed by atoms with van der Waals surface area (Å²) in [5.41, 5.74) is 2.62. The number of rotatable bonds is 4. The number of aryl methyl sites for hydroxylation is 1. The topological polar surface area (TPSA) is 58.9 Å². The minimum absolute atomic E-state index is 0.132. The maximum atomic E-state index is 13.3. The molecule has 0 aliphatic heterocycles. The van der Waals surface area contributed by atoms with E-state index in [4.69, 9.17) is 4.52 Å². The lowest BCUT2D eigenvalue weighted by Gasteiger charge is -1.99. The van der Waals surface area contributed by atoms with Gasteiger partial charge in [0.15, 0.2) is 6.29 Å². The Bertz CT molecular complexity index is 1100. The smallest absolute Gasteiger partial charge is 0.171 e. The SMILES string of the molecule is CCc1c[nH]c2ccc(F)cc12.O=Cc1cc(Cc2ccc(F)cc2F)on1. The molecular formula is C21H17F3N2O2. The Morgan fingerprint density at radius 1 is 1.04 bits per heavy atom. The van der Waals surface area contributed by atoms with Crippen LogP contribution in [0.4, 0.5) is 13.2 Å². The highest BCUT2D eigenvalue weighted by Gasteiger charge is 2.09. The van der Waals surface area contributed by atoms with E-state index in [2.05, 4.69) is 17.1 Å². The summed E-state index contributed by atoms with van der Waals surface area (Å²) in [5.74, 6) is -1.10. The predicted molar refractivity (Wildman–Crippen MR) is 98.7 cm³/mol. The first-order valence-electron chi connectivity index (χ1n) is 8.60. The van der Waals surface area contributed by atoms with Gasteiger partial charge in [-0.2, -0.15) is 0 Å². The number of fused-ring (bicyclic) bond motifs is 1. The highest BCUT2D eigenvalue weighted by molar-refractivity contribution is 5.83. The van der Waals surface area contributed by atoms with Gasteiger partial charge in [-0.1, -0.05) is 18.1 Å². The third-order valence-electron chi connectivity index (χ3n) is 4.19. The largest absolute Gasteiger partial charge is 0.361 e. The fourth-order valence-corrected chi connectivity index (χ4v) is 2.76. The van der Waals surface area contributed by atoms with E-state index >= 15 is 0 Å². The average Bonchev–Trinajstić information content (AvgIpc) is 3.30. The van der Waals surface area contributed by atoms with Crippen LogP contribution >= 0.6 is 0 Å². The number of benzene rings is 2. The Hall–Kier alpha value is -3.35. The zero-order chi connectivity index (χ0) is 20.1. The molecule has 0 saturated heterocycles. The van der Waals surface area contributed by atoms with Crippen molar-refractivity contribution in [2.24, 2.45) is 0 Å². The van der Waals surface area contributed by atoms with Crippen LogP contribution in [0.5, 0.6) is 0 Å². The Kier molecular flexibility index (Phi) is 5.93. The van der Waals surface area contributed by atoms with E-state index in [9.17, 15) is 18.0 Å². The van der Waals surface area contributed by atoms with Gasteiger partial charge in [-0.25, -0.2) is 13.2 Å². The number of aromatic nitrogens is 2. The van der Waals surface area contributed by atoms with Gasteiger partial charge < -0.3 is 9.51 Å². The number of nitrogens with zero attached hydrogens (tertiary/aromatic N) is 1. The number of H-pyrrole nitrogens is 1. The highest BCUT2D eigenvalue weighted by atomic mass is 19.1. The summed E-state index contributed by atoms with van der Waals surface area (Å²) in [7, 11) is 0. The molecule has 0 aliphatic carbocycles. The van der Waals surface area contributed by atoms with Crippen LogP contribution < -0.4 is 0 Å². The summed E-state index contributed by atoms with van der Waals surface area (Å²) in [6.45, 7) is 2.06. The van der Waals surface area contributed by atoms with Crippen molar-refractivity contribution in [2.75, 3.05) is 0 Å². The minimum Gasteiger partial charge on any atom is -0.361 e. The maximum absolute atomic E-state index is 13.3. The minimum atomic E-state index is -0.649. The molecule has 2 heterocycles. The fourth-order valence-electron chi connectivity index (χ4n) is 2.76. The van der Waals surface area contributed by atoms with E-state index in [-0.39, 0.29) is 23.5 Å². The van der Waals surface area contributed by atoms with Crippen LogP contribution in [0.15, 0.2) is 53.2 Å². The van der Waals surface area contributed by atoms with Crippen LogP contribution in [0.3, 0.4) is 0 Å². The lowest BCUT2D eigenvalue weighted by atomic mass is 10.1. The number of carbonyl (C=O) groups is 1. The zero-order valence-corrected chi connectivity index (χ0v) is 15.0. The Labute approximate surface area is 159 Å². The maximum Gasteiger partial charge on any atom is 0.171 e. The van der Waals surface area contributed by atoms with Crippen LogP contribution in [0, 0.1) is 17.5 Å². The second-order valence-electron chi connectivity index (χ2n) is 6.11. The van der Waals surface area contributed by atoms with E-state index in [1.807, 2.05) is 6.20 Å². The number of hydrogen-bond donors (Lipinski definition) is 1. The van der Waals surface area contributed by atoms with Crippen molar-refractivity contribution in [3.63, 3.8) is 0 Å². The van der Waals surface area contributed by atoms with Crippen LogP contribution in [-0.4, -0.2) is 16.4 Å². The Balaban J connectivity index is 0.000000167. The molecular weight excluding hydrogens is 369 g/mol. The first-order valence-corrected chi connectivity index (χ1v) is 8.60. The van der Waals surface area contributed by atoms with Crippen molar-refractivity contribution in [1.82, 2.24) is 10.1 Å². The number of aldehydes is 1. The third kappa shape index (κ3) is 4.49. The first-order chi connectivity index (χ1) is 13.5. The van der Waals surface area contributed by atoms with Gasteiger partial charge in [-0.15, -0.1) is 0 Å². The molecule has 4 nitrogen and oxygen atoms in total. The summed E-state index contributed by atoms with van der Waals surface area (Å²) in [5, 5.41) is 4.44. The lowest BCUT2D eigenvalue weighted by molar-refractivity contribution is 0.111. The molecule has 0 spiro atoms. The summed E-state index contributed by atoms with van der Waals surface area (Å²) in [6, 6.07) is 9.51. The van der Waals surface area contributed by atoms with Gasteiger partial charge in [-0.05, 0) is 41.8 Å². The molecule has 4 aromatic rings. The first kappa shape index (κ1) is 19.4. The van der Waals surface area contributed by atoms with Gasteiger partial charge in [0.25, 0.3) is 0 Å². The second kappa shape index (κ2) is 8.56. The highest BCUT2D eigenvalue weighted by Crippen LogP contribution is 2.19. The van der Waals surface area contributed by atoms with Crippen LogP contribution in [-0.2, 0) is 12.8 Å². The Morgan fingerprint density at radius 3 is 2.46 bits per heavy atom. The number of aromatic amines is 1. The fraction of sp³-hybridized carbons (Fsp3) is 0.143. The quantitative estimate of drug-likeness (QED) is 0.489. The number of carbonyl (C=O) groups excluding carboxylic acids is 1. The van der Waals surface area contributed by atoms with E-state index in [0.29, 0.717) is 12.0 Å². The van der Waals surface area contributed by atoms with Crippen molar-refractivity contribution in [1.29, 1.82) is 0 Å². The summed E-state index contributed by atoms with van der Waals surface area (Å²) >= 11 is 0. The van der Waals surface area contributed by atoms with Gasteiger partial charge in [0.1, 0.15) is 28.9 Å². The van der Waals surface area contributed by atoms with Gasteiger partial charge in [0, 0.05) is 35.7 Å². The average molecular weight is 386 g/mol. The molecule has 2 aromatic heterocycles. The molecule has 7 heteroatoms. The molecule has 0 unspecified atom stereocenters. The molecule has 0 bridgehead atoms. The second-order valence-corrected chi connectivity index (χ2v) is 6.11. The van der Waals surface area contributed by atoms with Crippen molar-refractivity contribution in [3.8, 4) is 0 Å². The summed E-state index contributed by atoms with van der Waals surface area (Å²) in [4.78, 5) is 13.4. The van der Waals surface area contributed by atoms with Gasteiger partial charge in [-0.3, -0.25) is 4.79 Å². The van der Waals surface area contributed by atoms with Crippen LogP contribution in [0.2, 0.25) is 0 Å². The molecule has 0 aliphatic rings. The van der Waals surface area contributed by atoms with Gasteiger partial charge in [0.2, 0.25) is 0 Å². The molecule has 28 heavy (non-hydrogen) atoms. The summed E-state index contributed by atoms with van der Waals surface area (Å²) in [6.07, 6.45) is 3.54. The molecule has 0 radical (unpaired) electrons. The van der Waals surface area contributed by atoms with Gasteiger partial charge >= 0.3 is 0 Å². The van der Waals surface area contributed by atoms with Crippen LogP contribution in [0.25, 0.3) is 10.9 Å². The van der Waals surface area contributed by atoms with E-state index in [1.54, 1.807) is 12.1 Å². The Morgan fingerprint density at radius 2 is 1.79 bits per heavy atom. The third-order valence-corrected chi connectivity index (χ3v) is 4.19. The van der Waals surface area contributed by atoms with Gasteiger partial charge in [0.05, 0.1) is 0 Å². The number of hydrogen-bond acceptors (Lipinski definition) is 3. The molecule has 0 saturated carbocycles. The molecule has 0 atom stereocenters. The van der Waals surface area contributed by atoms with E-state index < -0.39 is 11.6 Å². The van der Waals surface area contributed by atoms with E-state index in [0.717, 1.165) is 29.5 Å². The molecule has 1 N–H and O–H groups in total. The van der Waals surface area contributed by atoms with Crippen molar-refractivity contribution in [3.05, 3.63) is 88.7 Å². The molecule has 0 fully saturated rings. The normalized spacial score (nSPS) is 10.6. The summed E-state index contributed by atoms with van der Waals surface area (Å²) < 4.78 is 43.5. The molecule has 2 aromatic carbocycles. The predicted octanol–water partition coefficient (Wildman–Crippen LogP) is 5.23. The van der Waals surface area contributed by atoms with Crippen molar-refractivity contribution >= 4 is 17.2 Å².